The molecule has 0 aromatic rings. The number of nitrogens with one attached hydrogen (secondary N) is 1. The molecule has 0 bridgehead atoms. The fraction of sp³-hybridized carbons (Fsp3) is 0.750. The van der Waals surface area contributed by atoms with E-state index in [1.807, 2.05) is 5.32 Å². The monoisotopic (exact) mass is 342 g/mol. The molecule has 0 unspecified atom stereocenters. The quantitative estimate of drug-likeness (QED) is 0.641. The molecular weight excluding hydrogens is 325 g/mol. The molecule has 6 nitrogen and oxygen atoms in total. The number of rotatable bonds is 5. The third-order valence-corrected chi connectivity index (χ3v) is 3.81. The van der Waals surface area contributed by atoms with Gasteiger partial charge >= 0.3 is 12.1 Å². The molecule has 0 radical (unpaired) electrons. The van der Waals surface area contributed by atoms with E-state index in [1.54, 1.807) is 0 Å². The normalized spacial score (nSPS) is 21.3. The van der Waals surface area contributed by atoms with Crippen molar-refractivity contribution < 1.29 is 32.7 Å². The van der Waals surface area contributed by atoms with Crippen LogP contribution in [0, 0.1) is 5.92 Å². The van der Waals surface area contributed by atoms with Gasteiger partial charge in [-0.05, 0) is 19.8 Å². The molecule has 1 heterocycles. The van der Waals surface area contributed by atoms with Gasteiger partial charge in [0.1, 0.15) is 18.0 Å². The number of likely N-dealkylation sites (tertiary alicyclic amines) is 1. The summed E-state index contributed by atoms with van der Waals surface area (Å²) in [5.74, 6) is -6.29. The van der Waals surface area contributed by atoms with Crippen molar-refractivity contribution in [3.05, 3.63) is 0 Å². The molecule has 1 fully saturated rings. The Balaban J connectivity index is 2.72. The van der Waals surface area contributed by atoms with Gasteiger partial charge in [-0.15, -0.1) is 0 Å². The Bertz CT molecular complexity index is 458. The summed E-state index contributed by atoms with van der Waals surface area (Å²) in [7, 11) is 0. The number of nitrogens with zero attached hydrogens (tertiary/aromatic N) is 1. The van der Waals surface area contributed by atoms with Crippen molar-refractivity contribution in [3.63, 3.8) is 0 Å². The van der Waals surface area contributed by atoms with Crippen molar-refractivity contribution in [2.24, 2.45) is 5.92 Å². The van der Waals surface area contributed by atoms with E-state index in [2.05, 4.69) is 12.6 Å². The SMILES string of the molecule is C[C@H](NC(=O)[C@@H](CS)C(F)(F)F)C(=O)N1CCC[C@H]1C(=O)O. The van der Waals surface area contributed by atoms with E-state index in [9.17, 15) is 27.6 Å². The summed E-state index contributed by atoms with van der Waals surface area (Å²) in [5.41, 5.74) is 0. The number of aliphatic carboxylic acids is 1. The standard InChI is InChI=1S/C12H17F3N2O4S/c1-6(16-9(18)7(5-22)12(13,14)15)10(19)17-4-2-3-8(17)11(20)21/h6-8,22H,2-5H2,1H3,(H,16,18)(H,20,21)/t6-,7+,8-/m0/s1. The van der Waals surface area contributed by atoms with Gasteiger partial charge in [0.15, 0.2) is 0 Å². The maximum Gasteiger partial charge on any atom is 0.401 e. The largest absolute Gasteiger partial charge is 0.480 e. The maximum absolute atomic E-state index is 12.6. The average Bonchev–Trinajstić information content (AvgIpc) is 2.85. The second kappa shape index (κ2) is 7.21. The van der Waals surface area contributed by atoms with Crippen molar-refractivity contribution in [1.82, 2.24) is 10.2 Å². The minimum absolute atomic E-state index is 0.200. The van der Waals surface area contributed by atoms with E-state index in [1.165, 1.54) is 6.92 Å². The number of thiol groups is 1. The lowest BCUT2D eigenvalue weighted by atomic mass is 10.1. The molecular formula is C12H17F3N2O4S. The zero-order valence-electron chi connectivity index (χ0n) is 11.8. The predicted octanol–water partition coefficient (Wildman–Crippen LogP) is 0.675. The highest BCUT2D eigenvalue weighted by Gasteiger charge is 2.45. The van der Waals surface area contributed by atoms with Crippen LogP contribution in [0.2, 0.25) is 0 Å². The molecule has 1 aliphatic rings. The molecule has 1 rings (SSSR count). The first-order chi connectivity index (χ1) is 10.1. The first-order valence-electron chi connectivity index (χ1n) is 6.60. The van der Waals surface area contributed by atoms with Crippen molar-refractivity contribution in [3.8, 4) is 0 Å². The van der Waals surface area contributed by atoms with Gasteiger partial charge in [0, 0.05) is 12.3 Å². The van der Waals surface area contributed by atoms with Gasteiger partial charge in [-0.2, -0.15) is 25.8 Å². The van der Waals surface area contributed by atoms with Crippen LogP contribution in [-0.4, -0.2) is 58.3 Å². The Morgan fingerprint density at radius 2 is 2.00 bits per heavy atom. The summed E-state index contributed by atoms with van der Waals surface area (Å²) >= 11 is 3.50. The molecule has 0 saturated carbocycles. The summed E-state index contributed by atoms with van der Waals surface area (Å²) in [6, 6.07) is -2.24. The van der Waals surface area contributed by atoms with E-state index >= 15 is 0 Å². The highest BCUT2D eigenvalue weighted by molar-refractivity contribution is 7.80. The average molecular weight is 342 g/mol. The Morgan fingerprint density at radius 1 is 1.41 bits per heavy atom. The zero-order chi connectivity index (χ0) is 17.1. The second-order valence-electron chi connectivity index (χ2n) is 5.03. The fourth-order valence-electron chi connectivity index (χ4n) is 2.25. The second-order valence-corrected chi connectivity index (χ2v) is 5.40. The van der Waals surface area contributed by atoms with Gasteiger partial charge in [0.05, 0.1) is 0 Å². The van der Waals surface area contributed by atoms with Crippen LogP contribution >= 0.6 is 12.6 Å². The lowest BCUT2D eigenvalue weighted by Crippen LogP contribution is -2.52. The lowest BCUT2D eigenvalue weighted by molar-refractivity contribution is -0.178. The predicted molar refractivity (Wildman–Crippen MR) is 73.4 cm³/mol. The van der Waals surface area contributed by atoms with Gasteiger partial charge in [-0.1, -0.05) is 0 Å². The number of hydrogen-bond acceptors (Lipinski definition) is 4. The van der Waals surface area contributed by atoms with Crippen molar-refractivity contribution >= 4 is 30.4 Å². The topological polar surface area (TPSA) is 86.7 Å². The Labute approximate surface area is 130 Å². The highest BCUT2D eigenvalue weighted by Crippen LogP contribution is 2.27. The highest BCUT2D eigenvalue weighted by atomic mass is 32.1. The smallest absolute Gasteiger partial charge is 0.401 e. The molecule has 10 heteroatoms. The molecule has 0 aliphatic carbocycles. The number of alkyl halides is 3. The van der Waals surface area contributed by atoms with Gasteiger partial charge in [0.25, 0.3) is 0 Å². The van der Waals surface area contributed by atoms with Crippen LogP contribution in [0.3, 0.4) is 0 Å². The van der Waals surface area contributed by atoms with E-state index in [4.69, 9.17) is 5.11 Å². The third-order valence-electron chi connectivity index (χ3n) is 3.44. The number of carboxylic acids is 1. The molecule has 2 amide bonds. The molecule has 0 aromatic carbocycles. The van der Waals surface area contributed by atoms with E-state index in [-0.39, 0.29) is 13.0 Å². The number of amides is 2. The number of hydrogen-bond donors (Lipinski definition) is 3. The zero-order valence-corrected chi connectivity index (χ0v) is 12.7. The van der Waals surface area contributed by atoms with Gasteiger partial charge in [0.2, 0.25) is 11.8 Å². The molecule has 0 spiro atoms. The van der Waals surface area contributed by atoms with Crippen LogP contribution in [0.1, 0.15) is 19.8 Å². The van der Waals surface area contributed by atoms with Crippen molar-refractivity contribution in [1.29, 1.82) is 0 Å². The summed E-state index contributed by atoms with van der Waals surface area (Å²) in [4.78, 5) is 35.8. The summed E-state index contributed by atoms with van der Waals surface area (Å²) < 4.78 is 37.8. The molecule has 22 heavy (non-hydrogen) atoms. The molecule has 0 aromatic heterocycles. The third kappa shape index (κ3) is 4.28. The molecule has 1 saturated heterocycles. The van der Waals surface area contributed by atoms with Crippen LogP contribution in [0.15, 0.2) is 0 Å². The van der Waals surface area contributed by atoms with E-state index in [0.29, 0.717) is 6.42 Å². The number of carboxylic acid groups (broad SMARTS) is 1. The minimum atomic E-state index is -4.76. The van der Waals surface area contributed by atoms with Gasteiger partial charge in [-0.25, -0.2) is 4.79 Å². The Hall–Kier alpha value is -1.45. The fourth-order valence-corrected chi connectivity index (χ4v) is 2.62. The van der Waals surface area contributed by atoms with E-state index in [0.717, 1.165) is 4.90 Å². The summed E-state index contributed by atoms with van der Waals surface area (Å²) in [5, 5.41) is 11.0. The summed E-state index contributed by atoms with van der Waals surface area (Å²) in [6.07, 6.45) is -3.99. The van der Waals surface area contributed by atoms with Crippen LogP contribution in [0.4, 0.5) is 13.2 Å². The number of halogens is 3. The molecule has 1 aliphatic heterocycles. The molecule has 126 valence electrons. The number of carbonyl (C=O) groups excluding carboxylic acids is 2. The van der Waals surface area contributed by atoms with Crippen LogP contribution in [-0.2, 0) is 14.4 Å². The number of carbonyl (C=O) groups is 3. The molecule has 2 N–H and O–H groups in total. The van der Waals surface area contributed by atoms with E-state index < -0.39 is 47.7 Å². The Morgan fingerprint density at radius 3 is 2.45 bits per heavy atom. The van der Waals surface area contributed by atoms with Gasteiger partial charge < -0.3 is 15.3 Å². The molecule has 3 atom stereocenters. The van der Waals surface area contributed by atoms with Crippen molar-refractivity contribution in [2.75, 3.05) is 12.3 Å². The van der Waals surface area contributed by atoms with Crippen LogP contribution in [0.25, 0.3) is 0 Å². The van der Waals surface area contributed by atoms with Crippen molar-refractivity contribution in [2.45, 2.75) is 38.0 Å². The lowest BCUT2D eigenvalue weighted by Gasteiger charge is -2.26. The minimum Gasteiger partial charge on any atom is -0.480 e. The maximum atomic E-state index is 12.6. The van der Waals surface area contributed by atoms with Crippen LogP contribution in [0.5, 0.6) is 0 Å². The van der Waals surface area contributed by atoms with Crippen LogP contribution < -0.4 is 5.32 Å². The first kappa shape index (κ1) is 18.6. The Kier molecular flexibility index (Phi) is 6.09. The summed E-state index contributed by atoms with van der Waals surface area (Å²) in [6.45, 7) is 1.43. The first-order valence-corrected chi connectivity index (χ1v) is 7.24. The van der Waals surface area contributed by atoms with Gasteiger partial charge in [-0.3, -0.25) is 9.59 Å².